The minimum Gasteiger partial charge on any atom is -0.334 e. The van der Waals surface area contributed by atoms with E-state index in [9.17, 15) is 32.8 Å². The summed E-state index contributed by atoms with van der Waals surface area (Å²) < 4.78 is 42.2. The molecular formula is C20H19ClF3N5O4. The van der Waals surface area contributed by atoms with Gasteiger partial charge in [0.2, 0.25) is 11.8 Å². The number of rotatable bonds is 3. The van der Waals surface area contributed by atoms with Crippen LogP contribution in [0.3, 0.4) is 0 Å². The van der Waals surface area contributed by atoms with E-state index in [2.05, 4.69) is 4.98 Å². The van der Waals surface area contributed by atoms with Gasteiger partial charge in [0, 0.05) is 19.3 Å². The zero-order valence-corrected chi connectivity index (χ0v) is 17.9. The quantitative estimate of drug-likeness (QED) is 0.672. The molecule has 3 fully saturated rings. The Morgan fingerprint density at radius 1 is 1.18 bits per heavy atom. The monoisotopic (exact) mass is 485 g/mol. The summed E-state index contributed by atoms with van der Waals surface area (Å²) in [6.07, 6.45) is -1.64. The summed E-state index contributed by atoms with van der Waals surface area (Å²) in [7, 11) is 0. The molecule has 13 heteroatoms. The molecule has 33 heavy (non-hydrogen) atoms. The molecule has 5 rings (SSSR count). The Morgan fingerprint density at radius 2 is 1.91 bits per heavy atom. The normalized spacial score (nSPS) is 22.1. The Kier molecular flexibility index (Phi) is 5.05. The van der Waals surface area contributed by atoms with Crippen molar-refractivity contribution in [2.75, 3.05) is 26.2 Å². The van der Waals surface area contributed by atoms with Crippen molar-refractivity contribution in [1.29, 1.82) is 0 Å². The smallest absolute Gasteiger partial charge is 0.334 e. The topological polar surface area (TPSA) is 98.5 Å². The number of fused-ring (bicyclic) bond motifs is 1. The fourth-order valence-electron chi connectivity index (χ4n) is 4.40. The van der Waals surface area contributed by atoms with Crippen molar-refractivity contribution in [3.05, 3.63) is 34.2 Å². The van der Waals surface area contributed by atoms with Crippen LogP contribution < -0.4 is 0 Å². The van der Waals surface area contributed by atoms with Gasteiger partial charge in [0.05, 0.1) is 24.6 Å². The van der Waals surface area contributed by atoms with E-state index in [0.29, 0.717) is 10.6 Å². The second-order valence-electron chi connectivity index (χ2n) is 8.55. The maximum atomic E-state index is 13.7. The molecular weight excluding hydrogens is 467 g/mol. The summed E-state index contributed by atoms with van der Waals surface area (Å²) in [6.45, 7) is -0.149. The van der Waals surface area contributed by atoms with E-state index < -0.39 is 41.2 Å². The number of carbonyl (C=O) groups excluding carboxylic acids is 3. The summed E-state index contributed by atoms with van der Waals surface area (Å²) in [4.78, 5) is 43.8. The van der Waals surface area contributed by atoms with Crippen LogP contribution in [0.15, 0.2) is 12.3 Å². The van der Waals surface area contributed by atoms with Crippen molar-refractivity contribution in [3.8, 4) is 0 Å². The van der Waals surface area contributed by atoms with Gasteiger partial charge in [-0.1, -0.05) is 11.6 Å². The van der Waals surface area contributed by atoms with Gasteiger partial charge in [-0.2, -0.15) is 13.2 Å². The number of hydroxylamine groups is 2. The Balaban J connectivity index is 1.42. The predicted molar refractivity (Wildman–Crippen MR) is 107 cm³/mol. The second kappa shape index (κ2) is 7.59. The van der Waals surface area contributed by atoms with Crippen molar-refractivity contribution >= 4 is 35.0 Å². The molecule has 3 amide bonds. The number of hydrogen-bond acceptors (Lipinski definition) is 5. The maximum absolute atomic E-state index is 13.7. The molecule has 0 aromatic carbocycles. The highest BCUT2D eigenvalue weighted by atomic mass is 35.5. The SMILES string of the molecule is O=C1CC(N2CCN(C(=O)c3nc4c(C(F)(F)F)cc(C5CC5)cn4c3Cl)CC2=O)CN1O. The summed E-state index contributed by atoms with van der Waals surface area (Å²) in [6, 6.07) is 0.557. The van der Waals surface area contributed by atoms with Crippen LogP contribution in [0.1, 0.15) is 46.8 Å². The molecule has 1 atom stereocenters. The van der Waals surface area contributed by atoms with Gasteiger partial charge in [0.15, 0.2) is 11.3 Å². The van der Waals surface area contributed by atoms with E-state index in [1.165, 1.54) is 16.0 Å². The molecule has 2 aromatic heterocycles. The molecule has 0 spiro atoms. The number of alkyl halides is 3. The number of imidazole rings is 1. The first kappa shape index (κ1) is 22.0. The minimum absolute atomic E-state index is 0.0136. The summed E-state index contributed by atoms with van der Waals surface area (Å²) in [5.41, 5.74) is -1.29. The number of halogens is 4. The third kappa shape index (κ3) is 3.80. The van der Waals surface area contributed by atoms with E-state index in [0.717, 1.165) is 23.3 Å². The third-order valence-electron chi connectivity index (χ3n) is 6.31. The van der Waals surface area contributed by atoms with Crippen LogP contribution in [0.5, 0.6) is 0 Å². The molecule has 2 aromatic rings. The molecule has 176 valence electrons. The van der Waals surface area contributed by atoms with Gasteiger partial charge in [-0.25, -0.2) is 10.0 Å². The van der Waals surface area contributed by atoms with Crippen LogP contribution in [0.25, 0.3) is 5.65 Å². The molecule has 0 radical (unpaired) electrons. The van der Waals surface area contributed by atoms with Crippen LogP contribution in [0.4, 0.5) is 13.2 Å². The highest BCUT2D eigenvalue weighted by molar-refractivity contribution is 6.33. The number of piperazine rings is 1. The predicted octanol–water partition coefficient (Wildman–Crippen LogP) is 2.16. The van der Waals surface area contributed by atoms with E-state index in [4.69, 9.17) is 11.6 Å². The highest BCUT2D eigenvalue weighted by Crippen LogP contribution is 2.43. The van der Waals surface area contributed by atoms with Crippen molar-refractivity contribution in [2.24, 2.45) is 0 Å². The van der Waals surface area contributed by atoms with Crippen LogP contribution in [0, 0.1) is 0 Å². The molecule has 2 saturated heterocycles. The van der Waals surface area contributed by atoms with Crippen LogP contribution in [0.2, 0.25) is 5.15 Å². The van der Waals surface area contributed by atoms with Gasteiger partial charge in [-0.3, -0.25) is 24.0 Å². The van der Waals surface area contributed by atoms with Crippen molar-refractivity contribution in [1.82, 2.24) is 24.2 Å². The lowest BCUT2D eigenvalue weighted by molar-refractivity contribution is -0.157. The van der Waals surface area contributed by atoms with Gasteiger partial charge in [-0.05, 0) is 30.4 Å². The number of hydrogen-bond donors (Lipinski definition) is 1. The summed E-state index contributed by atoms with van der Waals surface area (Å²) in [5, 5.41) is 9.80. The Bertz CT molecular complexity index is 1180. The van der Waals surface area contributed by atoms with E-state index >= 15 is 0 Å². The minimum atomic E-state index is -4.68. The van der Waals surface area contributed by atoms with Gasteiger partial charge >= 0.3 is 6.18 Å². The van der Waals surface area contributed by atoms with Gasteiger partial charge in [0.25, 0.3) is 5.91 Å². The van der Waals surface area contributed by atoms with E-state index in [1.54, 1.807) is 0 Å². The average molecular weight is 486 g/mol. The zero-order valence-electron chi connectivity index (χ0n) is 17.2. The van der Waals surface area contributed by atoms with Gasteiger partial charge in [0.1, 0.15) is 11.7 Å². The van der Waals surface area contributed by atoms with Gasteiger partial charge < -0.3 is 9.80 Å². The molecule has 1 N–H and O–H groups in total. The van der Waals surface area contributed by atoms with Crippen LogP contribution in [-0.2, 0) is 15.8 Å². The Labute approximate surface area is 190 Å². The van der Waals surface area contributed by atoms with Crippen molar-refractivity contribution < 1.29 is 32.8 Å². The standard InChI is InChI=1S/C20H19ClF3N5O4/c21-17-16(25-18-13(20(22,23)24)5-11(7-28(17)18)10-1-2-10)19(32)26-3-4-27(15(31)9-26)12-6-14(30)29(33)8-12/h5,7,10,12,33H,1-4,6,8-9H2. The highest BCUT2D eigenvalue weighted by Gasteiger charge is 2.41. The third-order valence-corrected chi connectivity index (χ3v) is 6.67. The molecule has 2 aliphatic heterocycles. The molecule has 1 unspecified atom stereocenters. The van der Waals surface area contributed by atoms with Crippen molar-refractivity contribution in [3.63, 3.8) is 0 Å². The summed E-state index contributed by atoms with van der Waals surface area (Å²) >= 11 is 6.31. The lowest BCUT2D eigenvalue weighted by atomic mass is 10.1. The van der Waals surface area contributed by atoms with Gasteiger partial charge in [-0.15, -0.1) is 0 Å². The Morgan fingerprint density at radius 3 is 2.48 bits per heavy atom. The first-order valence-electron chi connectivity index (χ1n) is 10.4. The molecule has 1 aliphatic carbocycles. The summed E-state index contributed by atoms with van der Waals surface area (Å²) in [5.74, 6) is -1.65. The first-order chi connectivity index (χ1) is 15.5. The molecule has 0 bridgehead atoms. The number of pyridine rings is 1. The molecule has 3 aliphatic rings. The van der Waals surface area contributed by atoms with E-state index in [-0.39, 0.29) is 49.4 Å². The van der Waals surface area contributed by atoms with Crippen LogP contribution >= 0.6 is 11.6 Å². The number of carbonyl (C=O) groups is 3. The Hall–Kier alpha value is -2.86. The number of amides is 3. The maximum Gasteiger partial charge on any atom is 0.419 e. The molecule has 4 heterocycles. The molecule has 9 nitrogen and oxygen atoms in total. The lowest BCUT2D eigenvalue weighted by Crippen LogP contribution is -2.56. The van der Waals surface area contributed by atoms with E-state index in [1.807, 2.05) is 0 Å². The van der Waals surface area contributed by atoms with Crippen molar-refractivity contribution in [2.45, 2.75) is 37.4 Å². The number of aromatic nitrogens is 2. The fourth-order valence-corrected chi connectivity index (χ4v) is 4.65. The second-order valence-corrected chi connectivity index (χ2v) is 8.91. The van der Waals surface area contributed by atoms with Crippen LogP contribution in [-0.4, -0.2) is 79.4 Å². The lowest BCUT2D eigenvalue weighted by Gasteiger charge is -2.37. The molecule has 1 saturated carbocycles. The largest absolute Gasteiger partial charge is 0.419 e. The fraction of sp³-hybridized carbons (Fsp3) is 0.500. The first-order valence-corrected chi connectivity index (χ1v) is 10.8. The number of nitrogens with zero attached hydrogens (tertiary/aromatic N) is 5. The average Bonchev–Trinajstić information content (AvgIpc) is 3.48. The zero-order chi connectivity index (χ0) is 23.7.